The number of esters is 2. The Kier molecular flexibility index (Phi) is 7.71. The molecule has 0 amide bonds. The van der Waals surface area contributed by atoms with E-state index in [0.717, 1.165) is 0 Å². The van der Waals surface area contributed by atoms with Crippen LogP contribution in [0.5, 0.6) is 0 Å². The third-order valence-electron chi connectivity index (χ3n) is 1.55. The third kappa shape index (κ3) is 8.21. The Morgan fingerprint density at radius 1 is 0.882 bits per heavy atom. The zero-order valence-electron chi connectivity index (χ0n) is 10.5. The van der Waals surface area contributed by atoms with Crippen molar-refractivity contribution in [3.8, 4) is 0 Å². The zero-order valence-corrected chi connectivity index (χ0v) is 10.5. The van der Waals surface area contributed by atoms with E-state index in [1.54, 1.807) is 39.8 Å². The van der Waals surface area contributed by atoms with Gasteiger partial charge < -0.3 is 14.2 Å². The second-order valence-corrected chi connectivity index (χ2v) is 3.15. The van der Waals surface area contributed by atoms with Gasteiger partial charge in [0.25, 0.3) is 0 Å². The Balaban J connectivity index is 3.99. The van der Waals surface area contributed by atoms with E-state index in [-0.39, 0.29) is 0 Å². The minimum atomic E-state index is -0.785. The molecule has 0 N–H and O–H groups in total. The molecule has 0 aromatic carbocycles. The van der Waals surface area contributed by atoms with Crippen molar-refractivity contribution in [2.75, 3.05) is 0 Å². The van der Waals surface area contributed by atoms with Crippen molar-refractivity contribution in [3.63, 3.8) is 0 Å². The lowest BCUT2D eigenvalue weighted by Crippen LogP contribution is -2.25. The SMILES string of the molecule is C/C=C/C(=O)OC(C)OC(C)OC(=O)/C=C/C. The molecule has 0 heterocycles. The summed E-state index contributed by atoms with van der Waals surface area (Å²) in [5.41, 5.74) is 0. The van der Waals surface area contributed by atoms with Gasteiger partial charge in [0.15, 0.2) is 0 Å². The Morgan fingerprint density at radius 2 is 1.24 bits per heavy atom. The van der Waals surface area contributed by atoms with Crippen LogP contribution in [0.3, 0.4) is 0 Å². The summed E-state index contributed by atoms with van der Waals surface area (Å²) in [5.74, 6) is -1.01. The minimum Gasteiger partial charge on any atom is -0.433 e. The van der Waals surface area contributed by atoms with Crippen LogP contribution in [0.25, 0.3) is 0 Å². The van der Waals surface area contributed by atoms with Gasteiger partial charge >= 0.3 is 11.9 Å². The lowest BCUT2D eigenvalue weighted by molar-refractivity contribution is -0.222. The van der Waals surface area contributed by atoms with Crippen LogP contribution >= 0.6 is 0 Å². The molecule has 2 atom stereocenters. The topological polar surface area (TPSA) is 61.8 Å². The summed E-state index contributed by atoms with van der Waals surface area (Å²) in [7, 11) is 0. The zero-order chi connectivity index (χ0) is 13.3. The third-order valence-corrected chi connectivity index (χ3v) is 1.55. The summed E-state index contributed by atoms with van der Waals surface area (Å²) in [6.45, 7) is 6.49. The average molecular weight is 242 g/mol. The number of allylic oxidation sites excluding steroid dienone is 2. The average Bonchev–Trinajstić information content (AvgIpc) is 2.16. The molecule has 17 heavy (non-hydrogen) atoms. The van der Waals surface area contributed by atoms with Crippen LogP contribution in [0.4, 0.5) is 0 Å². The monoisotopic (exact) mass is 242 g/mol. The quantitative estimate of drug-likeness (QED) is 0.404. The van der Waals surface area contributed by atoms with Crippen molar-refractivity contribution in [2.45, 2.75) is 40.3 Å². The summed E-state index contributed by atoms with van der Waals surface area (Å²) in [6, 6.07) is 0. The largest absolute Gasteiger partial charge is 0.433 e. The highest BCUT2D eigenvalue weighted by Gasteiger charge is 2.13. The van der Waals surface area contributed by atoms with Crippen LogP contribution in [0.15, 0.2) is 24.3 Å². The molecular weight excluding hydrogens is 224 g/mol. The van der Waals surface area contributed by atoms with Crippen LogP contribution < -0.4 is 0 Å². The lowest BCUT2D eigenvalue weighted by atomic mass is 10.5. The van der Waals surface area contributed by atoms with Crippen molar-refractivity contribution in [3.05, 3.63) is 24.3 Å². The Morgan fingerprint density at radius 3 is 1.53 bits per heavy atom. The van der Waals surface area contributed by atoms with Crippen LogP contribution in [-0.4, -0.2) is 24.5 Å². The molecule has 96 valence electrons. The van der Waals surface area contributed by atoms with Gasteiger partial charge in [0.1, 0.15) is 0 Å². The number of carbonyl (C=O) groups is 2. The summed E-state index contributed by atoms with van der Waals surface area (Å²) in [4.78, 5) is 22.1. The second-order valence-electron chi connectivity index (χ2n) is 3.15. The fourth-order valence-corrected chi connectivity index (χ4v) is 1.00. The first kappa shape index (κ1) is 15.4. The van der Waals surface area contributed by atoms with E-state index >= 15 is 0 Å². The molecule has 0 spiro atoms. The predicted molar refractivity (Wildman–Crippen MR) is 61.8 cm³/mol. The summed E-state index contributed by atoms with van der Waals surface area (Å²) in [6.07, 6.45) is 4.10. The second kappa shape index (κ2) is 8.52. The molecule has 0 rings (SSSR count). The Bertz CT molecular complexity index is 276. The van der Waals surface area contributed by atoms with Crippen LogP contribution in [-0.2, 0) is 23.8 Å². The van der Waals surface area contributed by atoms with Crippen LogP contribution in [0, 0.1) is 0 Å². The molecule has 0 saturated carbocycles. The molecule has 0 aliphatic rings. The first-order valence-electron chi connectivity index (χ1n) is 5.31. The molecule has 0 aromatic rings. The van der Waals surface area contributed by atoms with Crippen molar-refractivity contribution < 1.29 is 23.8 Å². The number of hydrogen-bond acceptors (Lipinski definition) is 5. The predicted octanol–water partition coefficient (Wildman–Crippen LogP) is 1.93. The Labute approximate surface area is 101 Å². The summed E-state index contributed by atoms with van der Waals surface area (Å²) >= 11 is 0. The highest BCUT2D eigenvalue weighted by Crippen LogP contribution is 2.03. The fourth-order valence-electron chi connectivity index (χ4n) is 1.00. The van der Waals surface area contributed by atoms with E-state index in [0.29, 0.717) is 0 Å². The van der Waals surface area contributed by atoms with Gasteiger partial charge in [-0.15, -0.1) is 0 Å². The normalized spacial score (nSPS) is 14.8. The molecule has 5 heteroatoms. The number of hydrogen-bond donors (Lipinski definition) is 0. The van der Waals surface area contributed by atoms with Crippen molar-refractivity contribution in [2.24, 2.45) is 0 Å². The van der Waals surface area contributed by atoms with E-state index in [2.05, 4.69) is 0 Å². The molecule has 0 fully saturated rings. The van der Waals surface area contributed by atoms with Gasteiger partial charge in [-0.1, -0.05) is 12.2 Å². The number of rotatable bonds is 6. The maximum absolute atomic E-state index is 11.1. The van der Waals surface area contributed by atoms with Gasteiger partial charge in [0.2, 0.25) is 12.6 Å². The van der Waals surface area contributed by atoms with Gasteiger partial charge in [-0.3, -0.25) is 0 Å². The summed E-state index contributed by atoms with van der Waals surface area (Å²) in [5, 5.41) is 0. The molecular formula is C12H18O5. The Hall–Kier alpha value is -1.62. The molecule has 2 unspecified atom stereocenters. The molecule has 0 saturated heterocycles. The lowest BCUT2D eigenvalue weighted by Gasteiger charge is -2.18. The van der Waals surface area contributed by atoms with E-state index in [9.17, 15) is 9.59 Å². The fraction of sp³-hybridized carbons (Fsp3) is 0.500. The van der Waals surface area contributed by atoms with Gasteiger partial charge in [-0.2, -0.15) is 0 Å². The highest BCUT2D eigenvalue weighted by molar-refractivity contribution is 5.82. The smallest absolute Gasteiger partial charge is 0.332 e. The standard InChI is InChI=1S/C12H18O5/c1-5-7-11(13)16-9(3)15-10(4)17-12(14)8-6-2/h5-10H,1-4H3/b7-5+,8-6+. The minimum absolute atomic E-state index is 0.507. The van der Waals surface area contributed by atoms with E-state index < -0.39 is 24.5 Å². The van der Waals surface area contributed by atoms with Crippen molar-refractivity contribution in [1.82, 2.24) is 0 Å². The number of ether oxygens (including phenoxy) is 3. The van der Waals surface area contributed by atoms with Crippen LogP contribution in [0.1, 0.15) is 27.7 Å². The van der Waals surface area contributed by atoms with Gasteiger partial charge in [0.05, 0.1) is 0 Å². The first-order chi connectivity index (χ1) is 7.99. The highest BCUT2D eigenvalue weighted by atomic mass is 16.8. The molecule has 0 aromatic heterocycles. The molecule has 0 radical (unpaired) electrons. The van der Waals surface area contributed by atoms with E-state index in [1.165, 1.54) is 12.2 Å². The summed E-state index contributed by atoms with van der Waals surface area (Å²) < 4.78 is 14.8. The maximum Gasteiger partial charge on any atom is 0.332 e. The molecule has 5 nitrogen and oxygen atoms in total. The number of carbonyl (C=O) groups excluding carboxylic acids is 2. The van der Waals surface area contributed by atoms with E-state index in [1.807, 2.05) is 0 Å². The van der Waals surface area contributed by atoms with Crippen molar-refractivity contribution in [1.29, 1.82) is 0 Å². The van der Waals surface area contributed by atoms with Crippen LogP contribution in [0.2, 0.25) is 0 Å². The molecule has 0 aliphatic heterocycles. The van der Waals surface area contributed by atoms with Gasteiger partial charge in [0, 0.05) is 12.2 Å². The first-order valence-corrected chi connectivity index (χ1v) is 5.31. The molecule has 0 aliphatic carbocycles. The van der Waals surface area contributed by atoms with E-state index in [4.69, 9.17) is 14.2 Å². The van der Waals surface area contributed by atoms with Gasteiger partial charge in [-0.05, 0) is 27.7 Å². The van der Waals surface area contributed by atoms with Gasteiger partial charge in [-0.25, -0.2) is 9.59 Å². The van der Waals surface area contributed by atoms with Crippen molar-refractivity contribution >= 4 is 11.9 Å². The maximum atomic E-state index is 11.1. The molecule has 0 bridgehead atoms.